The Morgan fingerprint density at radius 3 is 2.42 bits per heavy atom. The summed E-state index contributed by atoms with van der Waals surface area (Å²) in [6, 6.07) is 1.36. The molecule has 0 aromatic carbocycles. The van der Waals surface area contributed by atoms with Gasteiger partial charge in [0.15, 0.2) is 0 Å². The standard InChI is InChI=1S/C16H33N3/c1-4-15-12-19(10-9-18(15)3)16(11-17)14-7-5-13(2)6-8-14/h13-16H,4-12,17H2,1-3H3. The van der Waals surface area contributed by atoms with Crippen LogP contribution in [0.25, 0.3) is 0 Å². The van der Waals surface area contributed by atoms with Crippen molar-refractivity contribution in [3.63, 3.8) is 0 Å². The molecular formula is C16H33N3. The van der Waals surface area contributed by atoms with E-state index in [0.29, 0.717) is 6.04 Å². The summed E-state index contributed by atoms with van der Waals surface area (Å²) in [5.41, 5.74) is 6.14. The maximum Gasteiger partial charge on any atom is 0.0247 e. The molecule has 0 amide bonds. The molecule has 2 atom stereocenters. The van der Waals surface area contributed by atoms with E-state index in [9.17, 15) is 0 Å². The minimum atomic E-state index is 0.634. The predicted octanol–water partition coefficient (Wildman–Crippen LogP) is 2.17. The van der Waals surface area contributed by atoms with E-state index < -0.39 is 0 Å². The summed E-state index contributed by atoms with van der Waals surface area (Å²) in [5.74, 6) is 1.78. The fourth-order valence-electron chi connectivity index (χ4n) is 4.02. The van der Waals surface area contributed by atoms with Crippen LogP contribution < -0.4 is 5.73 Å². The molecule has 0 bridgehead atoms. The van der Waals surface area contributed by atoms with E-state index in [1.54, 1.807) is 0 Å². The molecule has 1 saturated carbocycles. The van der Waals surface area contributed by atoms with Gasteiger partial charge in [-0.15, -0.1) is 0 Å². The summed E-state index contributed by atoms with van der Waals surface area (Å²) in [6.45, 7) is 9.19. The first kappa shape index (κ1) is 15.3. The van der Waals surface area contributed by atoms with Gasteiger partial charge in [-0.3, -0.25) is 4.90 Å². The third kappa shape index (κ3) is 3.71. The van der Waals surface area contributed by atoms with Gasteiger partial charge in [0.2, 0.25) is 0 Å². The van der Waals surface area contributed by atoms with Crippen LogP contribution in [0.3, 0.4) is 0 Å². The quantitative estimate of drug-likeness (QED) is 0.847. The molecule has 3 heteroatoms. The monoisotopic (exact) mass is 267 g/mol. The second-order valence-corrected chi connectivity index (χ2v) is 6.86. The van der Waals surface area contributed by atoms with Gasteiger partial charge in [-0.25, -0.2) is 0 Å². The lowest BCUT2D eigenvalue weighted by Crippen LogP contribution is -2.57. The van der Waals surface area contributed by atoms with Crippen LogP contribution in [-0.4, -0.2) is 55.1 Å². The Morgan fingerprint density at radius 2 is 1.84 bits per heavy atom. The van der Waals surface area contributed by atoms with Crippen LogP contribution >= 0.6 is 0 Å². The number of hydrogen-bond donors (Lipinski definition) is 1. The third-order valence-corrected chi connectivity index (χ3v) is 5.59. The van der Waals surface area contributed by atoms with Crippen LogP contribution in [0.15, 0.2) is 0 Å². The van der Waals surface area contributed by atoms with Crippen molar-refractivity contribution in [2.75, 3.05) is 33.2 Å². The highest BCUT2D eigenvalue weighted by Crippen LogP contribution is 2.32. The lowest BCUT2D eigenvalue weighted by atomic mass is 9.78. The Labute approximate surface area is 119 Å². The van der Waals surface area contributed by atoms with Crippen molar-refractivity contribution in [3.8, 4) is 0 Å². The van der Waals surface area contributed by atoms with Crippen molar-refractivity contribution in [1.82, 2.24) is 9.80 Å². The first-order valence-electron chi connectivity index (χ1n) is 8.30. The average Bonchev–Trinajstić information content (AvgIpc) is 2.43. The molecule has 2 rings (SSSR count). The lowest BCUT2D eigenvalue weighted by Gasteiger charge is -2.46. The van der Waals surface area contributed by atoms with Gasteiger partial charge in [0.1, 0.15) is 0 Å². The van der Waals surface area contributed by atoms with Crippen LogP contribution in [0.5, 0.6) is 0 Å². The Hall–Kier alpha value is -0.120. The van der Waals surface area contributed by atoms with Crippen molar-refractivity contribution in [2.45, 2.75) is 58.0 Å². The highest BCUT2D eigenvalue weighted by molar-refractivity contribution is 4.89. The summed E-state index contributed by atoms with van der Waals surface area (Å²) in [4.78, 5) is 5.22. The minimum Gasteiger partial charge on any atom is -0.329 e. The highest BCUT2D eigenvalue weighted by atomic mass is 15.3. The lowest BCUT2D eigenvalue weighted by molar-refractivity contribution is 0.0332. The van der Waals surface area contributed by atoms with Gasteiger partial charge in [0.05, 0.1) is 0 Å². The van der Waals surface area contributed by atoms with E-state index in [-0.39, 0.29) is 0 Å². The molecule has 0 aromatic heterocycles. The Kier molecular flexibility index (Phi) is 5.67. The molecule has 19 heavy (non-hydrogen) atoms. The van der Waals surface area contributed by atoms with Crippen LogP contribution in [0.1, 0.15) is 46.0 Å². The molecule has 0 aromatic rings. The van der Waals surface area contributed by atoms with Gasteiger partial charge in [0.25, 0.3) is 0 Å². The summed E-state index contributed by atoms with van der Waals surface area (Å²) in [6.07, 6.45) is 6.86. The first-order valence-corrected chi connectivity index (χ1v) is 8.30. The van der Waals surface area contributed by atoms with E-state index in [1.165, 1.54) is 51.7 Å². The van der Waals surface area contributed by atoms with E-state index in [4.69, 9.17) is 5.73 Å². The van der Waals surface area contributed by atoms with Crippen molar-refractivity contribution in [3.05, 3.63) is 0 Å². The Bertz CT molecular complexity index is 261. The van der Waals surface area contributed by atoms with Crippen molar-refractivity contribution >= 4 is 0 Å². The average molecular weight is 267 g/mol. The summed E-state index contributed by atoms with van der Waals surface area (Å²) in [7, 11) is 2.27. The summed E-state index contributed by atoms with van der Waals surface area (Å²) < 4.78 is 0. The Balaban J connectivity index is 1.93. The van der Waals surface area contributed by atoms with Crippen LogP contribution in [-0.2, 0) is 0 Å². The Morgan fingerprint density at radius 1 is 1.16 bits per heavy atom. The van der Waals surface area contributed by atoms with Crippen molar-refractivity contribution in [2.24, 2.45) is 17.6 Å². The van der Waals surface area contributed by atoms with Crippen molar-refractivity contribution in [1.29, 1.82) is 0 Å². The smallest absolute Gasteiger partial charge is 0.0247 e. The number of rotatable bonds is 4. The molecule has 2 fully saturated rings. The van der Waals surface area contributed by atoms with Gasteiger partial charge < -0.3 is 10.6 Å². The SMILES string of the molecule is CCC1CN(C(CN)C2CCC(C)CC2)CCN1C. The molecule has 2 N–H and O–H groups in total. The molecule has 0 spiro atoms. The molecule has 1 aliphatic heterocycles. The van der Waals surface area contributed by atoms with Gasteiger partial charge in [-0.2, -0.15) is 0 Å². The van der Waals surface area contributed by atoms with Gasteiger partial charge in [0, 0.05) is 38.3 Å². The fraction of sp³-hybridized carbons (Fsp3) is 1.00. The summed E-state index contributed by atoms with van der Waals surface area (Å²) >= 11 is 0. The maximum absolute atomic E-state index is 6.14. The number of nitrogens with zero attached hydrogens (tertiary/aromatic N) is 2. The number of nitrogens with two attached hydrogens (primary N) is 1. The van der Waals surface area contributed by atoms with E-state index in [1.807, 2.05) is 0 Å². The number of hydrogen-bond acceptors (Lipinski definition) is 3. The highest BCUT2D eigenvalue weighted by Gasteiger charge is 2.33. The number of likely N-dealkylation sites (N-methyl/N-ethyl adjacent to an activating group) is 1. The van der Waals surface area contributed by atoms with Gasteiger partial charge in [-0.1, -0.05) is 26.7 Å². The zero-order valence-electron chi connectivity index (χ0n) is 13.1. The predicted molar refractivity (Wildman–Crippen MR) is 82.2 cm³/mol. The van der Waals surface area contributed by atoms with Crippen LogP contribution in [0.2, 0.25) is 0 Å². The molecule has 1 saturated heterocycles. The van der Waals surface area contributed by atoms with Crippen LogP contribution in [0.4, 0.5) is 0 Å². The third-order valence-electron chi connectivity index (χ3n) is 5.59. The van der Waals surface area contributed by atoms with Gasteiger partial charge >= 0.3 is 0 Å². The molecule has 112 valence electrons. The minimum absolute atomic E-state index is 0.634. The first-order chi connectivity index (χ1) is 9.15. The van der Waals surface area contributed by atoms with Gasteiger partial charge in [-0.05, 0) is 38.1 Å². The largest absolute Gasteiger partial charge is 0.329 e. The zero-order valence-corrected chi connectivity index (χ0v) is 13.1. The topological polar surface area (TPSA) is 32.5 Å². The fourth-order valence-corrected chi connectivity index (χ4v) is 4.02. The van der Waals surface area contributed by atoms with Crippen LogP contribution in [0, 0.1) is 11.8 Å². The summed E-state index contributed by atoms with van der Waals surface area (Å²) in [5, 5.41) is 0. The van der Waals surface area contributed by atoms with E-state index >= 15 is 0 Å². The zero-order chi connectivity index (χ0) is 13.8. The normalized spacial score (nSPS) is 36.3. The van der Waals surface area contributed by atoms with E-state index in [0.717, 1.165) is 24.4 Å². The maximum atomic E-state index is 6.14. The molecule has 2 aliphatic rings. The molecule has 1 heterocycles. The molecule has 3 nitrogen and oxygen atoms in total. The second kappa shape index (κ2) is 7.05. The van der Waals surface area contributed by atoms with E-state index in [2.05, 4.69) is 30.7 Å². The molecule has 0 radical (unpaired) electrons. The molecule has 1 aliphatic carbocycles. The van der Waals surface area contributed by atoms with Crippen molar-refractivity contribution < 1.29 is 0 Å². The number of piperazine rings is 1. The molecule has 2 unspecified atom stereocenters. The second-order valence-electron chi connectivity index (χ2n) is 6.86. The molecular weight excluding hydrogens is 234 g/mol.